The summed E-state index contributed by atoms with van der Waals surface area (Å²) in [5.74, 6) is 0.310. The first kappa shape index (κ1) is 13.1. The topological polar surface area (TPSA) is 52.6 Å². The van der Waals surface area contributed by atoms with Crippen molar-refractivity contribution in [2.45, 2.75) is 0 Å². The van der Waals surface area contributed by atoms with Crippen molar-refractivity contribution in [1.82, 2.24) is 0 Å². The van der Waals surface area contributed by atoms with E-state index >= 15 is 0 Å². The van der Waals surface area contributed by atoms with Crippen molar-refractivity contribution in [1.29, 1.82) is 0 Å². The van der Waals surface area contributed by atoms with Crippen molar-refractivity contribution in [2.24, 2.45) is 0 Å². The predicted molar refractivity (Wildman–Crippen MR) is 77.2 cm³/mol. The molecule has 4 nitrogen and oxygen atoms in total. The van der Waals surface area contributed by atoms with Crippen molar-refractivity contribution in [3.05, 3.63) is 71.3 Å². The summed E-state index contributed by atoms with van der Waals surface area (Å²) in [5.41, 5.74) is 1.62. The lowest BCUT2D eigenvalue weighted by Gasteiger charge is -2.01. The molecule has 21 heavy (non-hydrogen) atoms. The van der Waals surface area contributed by atoms with Crippen LogP contribution in [-0.2, 0) is 4.74 Å². The molecule has 0 amide bonds. The Morgan fingerprint density at radius 2 is 1.71 bits per heavy atom. The van der Waals surface area contributed by atoms with Crippen LogP contribution >= 0.6 is 0 Å². The minimum Gasteiger partial charge on any atom is -0.497 e. The van der Waals surface area contributed by atoms with E-state index in [1.807, 2.05) is 0 Å². The van der Waals surface area contributed by atoms with Gasteiger partial charge in [0.25, 0.3) is 0 Å². The lowest BCUT2D eigenvalue weighted by atomic mass is 10.1. The number of hydrogen-bond donors (Lipinski definition) is 0. The molecule has 2 aromatic carbocycles. The van der Waals surface area contributed by atoms with E-state index in [4.69, 9.17) is 9.47 Å². The Hall–Kier alpha value is -2.88. The standard InChI is InChI=1S/C17H12O4/c1-20-12-8-6-11(7-9-12)15(18)10-16-13-4-2-3-5-14(13)17(19)21-16/h2-10H,1H3/b16-10-. The van der Waals surface area contributed by atoms with Gasteiger partial charge < -0.3 is 9.47 Å². The van der Waals surface area contributed by atoms with Crippen molar-refractivity contribution >= 4 is 17.5 Å². The second-order valence-electron chi connectivity index (χ2n) is 4.54. The van der Waals surface area contributed by atoms with Crippen LogP contribution in [0.1, 0.15) is 26.3 Å². The zero-order valence-electron chi connectivity index (χ0n) is 11.3. The van der Waals surface area contributed by atoms with Gasteiger partial charge in [0.15, 0.2) is 5.78 Å². The molecule has 0 aliphatic carbocycles. The molecule has 1 aliphatic rings. The van der Waals surface area contributed by atoms with Crippen molar-refractivity contribution in [3.8, 4) is 5.75 Å². The molecule has 0 fully saturated rings. The smallest absolute Gasteiger partial charge is 0.344 e. The van der Waals surface area contributed by atoms with E-state index in [0.29, 0.717) is 22.4 Å². The average Bonchev–Trinajstić information content (AvgIpc) is 2.84. The minimum atomic E-state index is -0.431. The SMILES string of the molecule is COc1ccc(C(=O)/C=C2\OC(=O)c3ccccc32)cc1. The molecule has 0 saturated heterocycles. The number of methoxy groups -OCH3 is 1. The van der Waals surface area contributed by atoms with Crippen molar-refractivity contribution in [2.75, 3.05) is 7.11 Å². The highest BCUT2D eigenvalue weighted by atomic mass is 16.5. The largest absolute Gasteiger partial charge is 0.497 e. The summed E-state index contributed by atoms with van der Waals surface area (Å²) < 4.78 is 10.2. The monoisotopic (exact) mass is 280 g/mol. The summed E-state index contributed by atoms with van der Waals surface area (Å²) in [6.07, 6.45) is 1.34. The van der Waals surface area contributed by atoms with E-state index in [9.17, 15) is 9.59 Å². The third kappa shape index (κ3) is 2.43. The molecule has 0 bridgehead atoms. The number of carbonyl (C=O) groups is 2. The van der Waals surface area contributed by atoms with Crippen molar-refractivity contribution < 1.29 is 19.1 Å². The number of carbonyl (C=O) groups excluding carboxylic acids is 2. The molecule has 0 aromatic heterocycles. The molecule has 2 aromatic rings. The van der Waals surface area contributed by atoms with E-state index in [0.717, 1.165) is 0 Å². The van der Waals surface area contributed by atoms with Crippen LogP contribution < -0.4 is 4.74 Å². The molecule has 3 rings (SSSR count). The maximum atomic E-state index is 12.2. The highest BCUT2D eigenvalue weighted by molar-refractivity contribution is 6.12. The summed E-state index contributed by atoms with van der Waals surface area (Å²) >= 11 is 0. The van der Waals surface area contributed by atoms with Gasteiger partial charge in [0.2, 0.25) is 0 Å². The van der Waals surface area contributed by atoms with Gasteiger partial charge in [-0.25, -0.2) is 4.79 Å². The lowest BCUT2D eigenvalue weighted by molar-refractivity contribution is 0.0715. The third-order valence-corrected chi connectivity index (χ3v) is 3.25. The molecule has 0 spiro atoms. The summed E-state index contributed by atoms with van der Waals surface area (Å²) in [7, 11) is 1.56. The molecular weight excluding hydrogens is 268 g/mol. The van der Waals surface area contributed by atoms with E-state index in [2.05, 4.69) is 0 Å². The van der Waals surface area contributed by atoms with Gasteiger partial charge in [0.05, 0.1) is 12.7 Å². The number of allylic oxidation sites excluding steroid dienone is 1. The van der Waals surface area contributed by atoms with Gasteiger partial charge in [-0.3, -0.25) is 4.79 Å². The first-order valence-corrected chi connectivity index (χ1v) is 6.40. The van der Waals surface area contributed by atoms with Crippen LogP contribution in [0.2, 0.25) is 0 Å². The van der Waals surface area contributed by atoms with Crippen LogP contribution in [0.5, 0.6) is 5.75 Å². The number of ether oxygens (including phenoxy) is 2. The second kappa shape index (κ2) is 5.25. The molecule has 0 unspecified atom stereocenters. The van der Waals surface area contributed by atoms with E-state index in [1.54, 1.807) is 55.6 Å². The Labute approximate surface area is 121 Å². The number of ketones is 1. The molecule has 0 saturated carbocycles. The third-order valence-electron chi connectivity index (χ3n) is 3.25. The number of esters is 1. The van der Waals surface area contributed by atoms with E-state index < -0.39 is 5.97 Å². The van der Waals surface area contributed by atoms with Crippen LogP contribution in [0.3, 0.4) is 0 Å². The molecule has 1 heterocycles. The van der Waals surface area contributed by atoms with Crippen LogP contribution in [0.4, 0.5) is 0 Å². The molecule has 1 aliphatic heterocycles. The van der Waals surface area contributed by atoms with Gasteiger partial charge in [-0.15, -0.1) is 0 Å². The number of hydrogen-bond acceptors (Lipinski definition) is 4. The van der Waals surface area contributed by atoms with Gasteiger partial charge >= 0.3 is 5.97 Å². The number of rotatable bonds is 3. The Balaban J connectivity index is 1.92. The maximum absolute atomic E-state index is 12.2. The predicted octanol–water partition coefficient (Wildman–Crippen LogP) is 3.09. The molecular formula is C17H12O4. The van der Waals surface area contributed by atoms with Gasteiger partial charge in [-0.2, -0.15) is 0 Å². The molecule has 4 heteroatoms. The van der Waals surface area contributed by atoms with Crippen LogP contribution in [0.15, 0.2) is 54.6 Å². The van der Waals surface area contributed by atoms with Crippen LogP contribution in [-0.4, -0.2) is 18.9 Å². The van der Waals surface area contributed by atoms with Gasteiger partial charge in [-0.1, -0.05) is 18.2 Å². The van der Waals surface area contributed by atoms with Crippen LogP contribution in [0, 0.1) is 0 Å². The quantitative estimate of drug-likeness (QED) is 0.492. The fourth-order valence-electron chi connectivity index (χ4n) is 2.15. The number of fused-ring (bicyclic) bond motifs is 1. The Bertz CT molecular complexity index is 742. The van der Waals surface area contributed by atoms with E-state index in [1.165, 1.54) is 6.08 Å². The molecule has 104 valence electrons. The normalized spacial score (nSPS) is 14.7. The maximum Gasteiger partial charge on any atom is 0.344 e. The Kier molecular flexibility index (Phi) is 3.28. The molecule has 0 N–H and O–H groups in total. The summed E-state index contributed by atoms with van der Waals surface area (Å²) in [6.45, 7) is 0. The Morgan fingerprint density at radius 1 is 1.05 bits per heavy atom. The molecule has 0 atom stereocenters. The zero-order chi connectivity index (χ0) is 14.8. The summed E-state index contributed by atoms with van der Waals surface area (Å²) in [5, 5.41) is 0. The highest BCUT2D eigenvalue weighted by Gasteiger charge is 2.26. The first-order valence-electron chi connectivity index (χ1n) is 6.40. The Morgan fingerprint density at radius 3 is 2.38 bits per heavy atom. The van der Waals surface area contributed by atoms with Gasteiger partial charge in [0.1, 0.15) is 11.5 Å². The second-order valence-corrected chi connectivity index (χ2v) is 4.54. The summed E-state index contributed by atoms with van der Waals surface area (Å²) in [4.78, 5) is 23.9. The van der Waals surface area contributed by atoms with Crippen molar-refractivity contribution in [3.63, 3.8) is 0 Å². The number of benzene rings is 2. The number of cyclic esters (lactones) is 1. The minimum absolute atomic E-state index is 0.225. The fraction of sp³-hybridized carbons (Fsp3) is 0.0588. The fourth-order valence-corrected chi connectivity index (χ4v) is 2.15. The summed E-state index contributed by atoms with van der Waals surface area (Å²) in [6, 6.07) is 13.7. The average molecular weight is 280 g/mol. The van der Waals surface area contributed by atoms with Gasteiger partial charge in [-0.05, 0) is 30.3 Å². The zero-order valence-corrected chi connectivity index (χ0v) is 11.3. The first-order chi connectivity index (χ1) is 10.2. The van der Waals surface area contributed by atoms with Gasteiger partial charge in [0, 0.05) is 17.2 Å². The highest BCUT2D eigenvalue weighted by Crippen LogP contribution is 2.29. The lowest BCUT2D eigenvalue weighted by Crippen LogP contribution is -1.97. The van der Waals surface area contributed by atoms with Crippen LogP contribution in [0.25, 0.3) is 5.76 Å². The van der Waals surface area contributed by atoms with E-state index in [-0.39, 0.29) is 11.5 Å². The molecule has 0 radical (unpaired) electrons.